The number of hydrogen-bond acceptors (Lipinski definition) is 1. The van der Waals surface area contributed by atoms with E-state index in [0.717, 1.165) is 12.5 Å². The molecular formula is C8H18NO+. The average molecular weight is 144 g/mol. The van der Waals surface area contributed by atoms with Gasteiger partial charge in [-0.3, -0.25) is 0 Å². The van der Waals surface area contributed by atoms with Crippen LogP contribution in [0.5, 0.6) is 0 Å². The van der Waals surface area contributed by atoms with Crippen LogP contribution in [0.4, 0.5) is 0 Å². The zero-order valence-electron chi connectivity index (χ0n) is 6.77. The minimum Gasteiger partial charge on any atom is -0.396 e. The van der Waals surface area contributed by atoms with Crippen molar-refractivity contribution in [1.29, 1.82) is 0 Å². The summed E-state index contributed by atoms with van der Waals surface area (Å²) in [5.74, 6) is 0. The minimum absolute atomic E-state index is 0.363. The van der Waals surface area contributed by atoms with Crippen LogP contribution < -0.4 is 4.90 Å². The van der Waals surface area contributed by atoms with E-state index in [1.54, 1.807) is 4.90 Å². The van der Waals surface area contributed by atoms with E-state index in [1.165, 1.54) is 25.8 Å². The van der Waals surface area contributed by atoms with Crippen molar-refractivity contribution in [2.75, 3.05) is 20.2 Å². The average Bonchev–Trinajstić information content (AvgIpc) is 1.94. The molecule has 1 heterocycles. The Hall–Kier alpha value is -0.0800. The third-order valence-corrected chi connectivity index (χ3v) is 2.55. The first kappa shape index (κ1) is 8.02. The smallest absolute Gasteiger partial charge is 0.0894 e. The van der Waals surface area contributed by atoms with Gasteiger partial charge in [0, 0.05) is 13.0 Å². The number of aliphatic hydroxyl groups excluding tert-OH is 1. The number of hydrogen-bond donors (Lipinski definition) is 2. The van der Waals surface area contributed by atoms with Gasteiger partial charge in [-0.05, 0) is 19.3 Å². The Labute approximate surface area is 62.8 Å². The summed E-state index contributed by atoms with van der Waals surface area (Å²) >= 11 is 0. The van der Waals surface area contributed by atoms with Gasteiger partial charge < -0.3 is 10.0 Å². The molecule has 2 heteroatoms. The van der Waals surface area contributed by atoms with Crippen LogP contribution in [0.2, 0.25) is 0 Å². The highest BCUT2D eigenvalue weighted by Gasteiger charge is 2.21. The number of nitrogens with one attached hydrogen (secondary N) is 1. The molecule has 0 bridgehead atoms. The maximum Gasteiger partial charge on any atom is 0.0894 e. The molecule has 2 N–H and O–H groups in total. The van der Waals surface area contributed by atoms with Gasteiger partial charge in [0.2, 0.25) is 0 Å². The lowest BCUT2D eigenvalue weighted by molar-refractivity contribution is -0.911. The van der Waals surface area contributed by atoms with Crippen molar-refractivity contribution in [2.24, 2.45) is 0 Å². The van der Waals surface area contributed by atoms with E-state index in [2.05, 4.69) is 7.05 Å². The van der Waals surface area contributed by atoms with Crippen LogP contribution >= 0.6 is 0 Å². The summed E-state index contributed by atoms with van der Waals surface area (Å²) in [4.78, 5) is 1.61. The number of quaternary nitrogens is 1. The summed E-state index contributed by atoms with van der Waals surface area (Å²) in [6, 6.07) is 0.735. The van der Waals surface area contributed by atoms with E-state index in [9.17, 15) is 0 Å². The minimum atomic E-state index is 0.363. The topological polar surface area (TPSA) is 24.7 Å². The first-order valence-electron chi connectivity index (χ1n) is 4.27. The molecule has 0 aromatic heterocycles. The zero-order chi connectivity index (χ0) is 7.40. The van der Waals surface area contributed by atoms with Gasteiger partial charge in [-0.15, -0.1) is 0 Å². The Morgan fingerprint density at radius 2 is 2.30 bits per heavy atom. The lowest BCUT2D eigenvalue weighted by Gasteiger charge is -2.28. The van der Waals surface area contributed by atoms with Crippen molar-refractivity contribution in [3.63, 3.8) is 0 Å². The van der Waals surface area contributed by atoms with Gasteiger partial charge in [0.25, 0.3) is 0 Å². The second-order valence-electron chi connectivity index (χ2n) is 3.30. The molecule has 0 aliphatic carbocycles. The summed E-state index contributed by atoms with van der Waals surface area (Å²) in [5, 5.41) is 8.72. The third kappa shape index (κ3) is 1.96. The van der Waals surface area contributed by atoms with Gasteiger partial charge in [0.15, 0.2) is 0 Å². The molecule has 1 fully saturated rings. The summed E-state index contributed by atoms with van der Waals surface area (Å²) in [5.41, 5.74) is 0. The molecule has 1 saturated heterocycles. The van der Waals surface area contributed by atoms with Crippen LogP contribution in [0, 0.1) is 0 Å². The Kier molecular flexibility index (Phi) is 3.16. The largest absolute Gasteiger partial charge is 0.396 e. The molecule has 0 radical (unpaired) electrons. The van der Waals surface area contributed by atoms with E-state index < -0.39 is 0 Å². The van der Waals surface area contributed by atoms with Crippen LogP contribution in [0.25, 0.3) is 0 Å². The van der Waals surface area contributed by atoms with E-state index in [4.69, 9.17) is 5.11 Å². The van der Waals surface area contributed by atoms with Gasteiger partial charge in [0.1, 0.15) is 0 Å². The SMILES string of the molecule is C[NH+]1CCCCC1CCO. The summed E-state index contributed by atoms with van der Waals surface area (Å²) in [6.07, 6.45) is 5.04. The maximum absolute atomic E-state index is 8.72. The second-order valence-corrected chi connectivity index (χ2v) is 3.30. The number of aliphatic hydroxyl groups is 1. The number of rotatable bonds is 2. The van der Waals surface area contributed by atoms with Crippen LogP contribution in [0.1, 0.15) is 25.7 Å². The molecule has 60 valence electrons. The van der Waals surface area contributed by atoms with E-state index in [-0.39, 0.29) is 0 Å². The van der Waals surface area contributed by atoms with E-state index in [0.29, 0.717) is 6.61 Å². The fourth-order valence-corrected chi connectivity index (χ4v) is 1.79. The molecule has 0 spiro atoms. The van der Waals surface area contributed by atoms with Crippen molar-refractivity contribution in [2.45, 2.75) is 31.7 Å². The van der Waals surface area contributed by atoms with E-state index >= 15 is 0 Å². The molecule has 0 amide bonds. The molecule has 2 atom stereocenters. The Morgan fingerprint density at radius 3 is 2.90 bits per heavy atom. The number of likely N-dealkylation sites (tertiary alicyclic amines) is 1. The molecule has 1 aliphatic rings. The molecule has 0 aromatic rings. The van der Waals surface area contributed by atoms with Crippen molar-refractivity contribution < 1.29 is 10.0 Å². The molecule has 10 heavy (non-hydrogen) atoms. The van der Waals surface area contributed by atoms with Crippen LogP contribution in [-0.4, -0.2) is 31.3 Å². The van der Waals surface area contributed by atoms with Gasteiger partial charge in [-0.2, -0.15) is 0 Å². The Morgan fingerprint density at radius 1 is 1.50 bits per heavy atom. The molecule has 1 rings (SSSR count). The van der Waals surface area contributed by atoms with Gasteiger partial charge in [0.05, 0.1) is 19.6 Å². The van der Waals surface area contributed by atoms with Crippen molar-refractivity contribution in [1.82, 2.24) is 0 Å². The van der Waals surface area contributed by atoms with Crippen molar-refractivity contribution in [3.8, 4) is 0 Å². The second kappa shape index (κ2) is 3.94. The normalized spacial score (nSPS) is 34.2. The van der Waals surface area contributed by atoms with E-state index in [1.807, 2.05) is 0 Å². The molecule has 2 nitrogen and oxygen atoms in total. The lowest BCUT2D eigenvalue weighted by atomic mass is 10.0. The molecule has 2 unspecified atom stereocenters. The van der Waals surface area contributed by atoms with Crippen LogP contribution in [0.3, 0.4) is 0 Å². The molecular weight excluding hydrogens is 126 g/mol. The third-order valence-electron chi connectivity index (χ3n) is 2.55. The van der Waals surface area contributed by atoms with Crippen molar-refractivity contribution >= 4 is 0 Å². The maximum atomic E-state index is 8.72. The fraction of sp³-hybridized carbons (Fsp3) is 1.00. The predicted molar refractivity (Wildman–Crippen MR) is 41.1 cm³/mol. The Balaban J connectivity index is 2.25. The lowest BCUT2D eigenvalue weighted by Crippen LogP contribution is -3.13. The fourth-order valence-electron chi connectivity index (χ4n) is 1.79. The Bertz CT molecular complexity index is 93.3. The van der Waals surface area contributed by atoms with Crippen LogP contribution in [0.15, 0.2) is 0 Å². The molecule has 1 aliphatic heterocycles. The van der Waals surface area contributed by atoms with Gasteiger partial charge in [-0.1, -0.05) is 0 Å². The summed E-state index contributed by atoms with van der Waals surface area (Å²) < 4.78 is 0. The quantitative estimate of drug-likeness (QED) is 0.533. The standard InChI is InChI=1S/C8H17NO/c1-9-6-3-2-4-8(9)5-7-10/h8,10H,2-7H2,1H3/p+1. The highest BCUT2D eigenvalue weighted by molar-refractivity contribution is 4.59. The summed E-state index contributed by atoms with van der Waals surface area (Å²) in [6.45, 7) is 1.66. The zero-order valence-corrected chi connectivity index (χ0v) is 6.77. The monoisotopic (exact) mass is 144 g/mol. The first-order chi connectivity index (χ1) is 4.84. The van der Waals surface area contributed by atoms with Gasteiger partial charge in [-0.25, -0.2) is 0 Å². The first-order valence-corrected chi connectivity index (χ1v) is 4.27. The van der Waals surface area contributed by atoms with Crippen LogP contribution in [-0.2, 0) is 0 Å². The van der Waals surface area contributed by atoms with Gasteiger partial charge >= 0.3 is 0 Å². The highest BCUT2D eigenvalue weighted by atomic mass is 16.3. The number of piperidine rings is 1. The molecule has 0 aromatic carbocycles. The summed E-state index contributed by atoms with van der Waals surface area (Å²) in [7, 11) is 2.24. The predicted octanol–water partition coefficient (Wildman–Crippen LogP) is -0.564. The van der Waals surface area contributed by atoms with Crippen molar-refractivity contribution in [3.05, 3.63) is 0 Å². The molecule has 0 saturated carbocycles. The highest BCUT2D eigenvalue weighted by Crippen LogP contribution is 2.04.